The largest absolute Gasteiger partial charge is 0.479 e. The van der Waals surface area contributed by atoms with Gasteiger partial charge in [0.1, 0.15) is 5.84 Å². The summed E-state index contributed by atoms with van der Waals surface area (Å²) in [5.74, 6) is -1.34. The number of carboxylic acid groups (broad SMARTS) is 2. The van der Waals surface area contributed by atoms with Crippen LogP contribution in [0.15, 0.2) is 17.6 Å². The van der Waals surface area contributed by atoms with Gasteiger partial charge in [-0.3, -0.25) is 9.79 Å². The third-order valence-electron chi connectivity index (χ3n) is 2.76. The van der Waals surface area contributed by atoms with Gasteiger partial charge in [-0.2, -0.15) is 0 Å². The first kappa shape index (κ1) is 21.4. The Morgan fingerprint density at radius 1 is 1.45 bits per heavy atom. The number of amidine groups is 1. The van der Waals surface area contributed by atoms with Crippen LogP contribution in [0, 0.1) is 5.41 Å². The van der Waals surface area contributed by atoms with Crippen molar-refractivity contribution in [3.8, 4) is 0 Å². The van der Waals surface area contributed by atoms with E-state index < -0.39 is 24.0 Å². The number of hydrogen-bond acceptors (Lipinski definition) is 4. The number of carboxylic acids is 2. The Balaban J connectivity index is 0. The molecule has 0 fully saturated rings. The smallest absolute Gasteiger partial charge is 0.333 e. The number of aliphatic carboxylic acids is 2. The first-order chi connectivity index (χ1) is 8.91. The van der Waals surface area contributed by atoms with Gasteiger partial charge in [0.15, 0.2) is 6.61 Å². The Morgan fingerprint density at radius 2 is 2.00 bits per heavy atom. The molecular formula is C12H20N2NaO5. The van der Waals surface area contributed by atoms with Crippen LogP contribution in [-0.4, -0.2) is 77.2 Å². The zero-order chi connectivity index (χ0) is 14.9. The Hall–Kier alpha value is -0.890. The van der Waals surface area contributed by atoms with Gasteiger partial charge in [-0.25, -0.2) is 9.90 Å². The van der Waals surface area contributed by atoms with Crippen LogP contribution in [0.2, 0.25) is 0 Å². The van der Waals surface area contributed by atoms with E-state index >= 15 is 0 Å². The summed E-state index contributed by atoms with van der Waals surface area (Å²) in [5.41, 5.74) is -0.512. The average Bonchev–Trinajstić information content (AvgIpc) is 2.90. The maximum absolute atomic E-state index is 10.8. The number of rotatable bonds is 6. The van der Waals surface area contributed by atoms with Gasteiger partial charge >= 0.3 is 41.5 Å². The van der Waals surface area contributed by atoms with E-state index in [0.29, 0.717) is 6.42 Å². The number of hydrogen-bond donors (Lipinski definition) is 3. The van der Waals surface area contributed by atoms with Gasteiger partial charge in [0.05, 0.1) is 18.4 Å². The summed E-state index contributed by atoms with van der Waals surface area (Å²) in [5, 5.41) is 28.4. The maximum Gasteiger partial charge on any atom is 0.333 e. The second kappa shape index (κ2) is 10.8. The quantitative estimate of drug-likeness (QED) is 0.467. The van der Waals surface area contributed by atoms with Crippen LogP contribution < -0.4 is 5.32 Å². The Kier molecular flexibility index (Phi) is 11.6. The second-order valence-corrected chi connectivity index (χ2v) is 3.98. The second-order valence-electron chi connectivity index (χ2n) is 3.98. The molecule has 109 valence electrons. The van der Waals surface area contributed by atoms with Gasteiger partial charge in [-0.15, -0.1) is 6.58 Å². The maximum atomic E-state index is 10.8. The van der Waals surface area contributed by atoms with E-state index in [0.717, 1.165) is 18.9 Å². The van der Waals surface area contributed by atoms with Crippen LogP contribution in [0.25, 0.3) is 0 Å². The monoisotopic (exact) mass is 295 g/mol. The van der Waals surface area contributed by atoms with E-state index in [2.05, 4.69) is 16.9 Å². The topological polar surface area (TPSA) is 119 Å². The van der Waals surface area contributed by atoms with Crippen LogP contribution in [0.3, 0.4) is 0 Å². The Bertz CT molecular complexity index is 373. The zero-order valence-electron chi connectivity index (χ0n) is 10.9. The number of nitrogens with one attached hydrogen (secondary N) is 1. The predicted molar refractivity (Wildman–Crippen MR) is 75.8 cm³/mol. The first-order valence-corrected chi connectivity index (χ1v) is 5.86. The summed E-state index contributed by atoms with van der Waals surface area (Å²) < 4.78 is 0. The first-order valence-electron chi connectivity index (χ1n) is 5.86. The summed E-state index contributed by atoms with van der Waals surface area (Å²) in [6.07, 6.45) is 2.45. The molecule has 0 aliphatic carbocycles. The third kappa shape index (κ3) is 7.04. The van der Waals surface area contributed by atoms with Crippen molar-refractivity contribution >= 4 is 47.3 Å². The third-order valence-corrected chi connectivity index (χ3v) is 2.76. The molecule has 1 atom stereocenters. The number of nitrogens with zero attached hydrogens (tertiary/aromatic N) is 1. The summed E-state index contributed by atoms with van der Waals surface area (Å²) in [6, 6.07) is 0. The van der Waals surface area contributed by atoms with Crippen LogP contribution >= 0.6 is 0 Å². The van der Waals surface area contributed by atoms with Crippen molar-refractivity contribution in [1.29, 1.82) is 0 Å². The molecule has 1 aliphatic rings. The van der Waals surface area contributed by atoms with Gasteiger partial charge in [0.2, 0.25) is 0 Å². The van der Waals surface area contributed by atoms with Crippen molar-refractivity contribution < 1.29 is 24.9 Å². The standard InChI is InChI=1S/C10H16N2O2.C2H3O3.Na.H/c1-3-10(4-2,7-8(13)14)9-11-5-6-12-9;3-1-2(4)5;;/h3H,1,4-7H2,2H3,(H,11,12)(H,13,14);1H2,(H,4,5);;. The van der Waals surface area contributed by atoms with Gasteiger partial charge < -0.3 is 15.5 Å². The molecule has 0 aromatic heterocycles. The van der Waals surface area contributed by atoms with E-state index in [1.807, 2.05) is 6.92 Å². The fourth-order valence-electron chi connectivity index (χ4n) is 1.69. The summed E-state index contributed by atoms with van der Waals surface area (Å²) in [4.78, 5) is 24.1. The van der Waals surface area contributed by atoms with E-state index in [4.69, 9.17) is 20.1 Å². The molecule has 1 rings (SSSR count). The zero-order valence-corrected chi connectivity index (χ0v) is 10.9. The molecule has 0 spiro atoms. The van der Waals surface area contributed by atoms with Crippen molar-refractivity contribution in [2.24, 2.45) is 10.4 Å². The molecule has 0 amide bonds. The molecule has 1 heterocycles. The van der Waals surface area contributed by atoms with Crippen LogP contribution in [0.1, 0.15) is 19.8 Å². The summed E-state index contributed by atoms with van der Waals surface area (Å²) in [6.45, 7) is 6.16. The fourth-order valence-corrected chi connectivity index (χ4v) is 1.69. The molecule has 1 unspecified atom stereocenters. The van der Waals surface area contributed by atoms with Crippen molar-refractivity contribution in [3.63, 3.8) is 0 Å². The molecule has 0 bridgehead atoms. The van der Waals surface area contributed by atoms with Gasteiger partial charge in [0, 0.05) is 6.54 Å². The summed E-state index contributed by atoms with van der Waals surface area (Å²) >= 11 is 0. The van der Waals surface area contributed by atoms with Gasteiger partial charge in [0.25, 0.3) is 0 Å². The van der Waals surface area contributed by atoms with Gasteiger partial charge in [-0.05, 0) is 6.42 Å². The molecule has 20 heavy (non-hydrogen) atoms. The molecule has 3 N–H and O–H groups in total. The molecule has 7 nitrogen and oxygen atoms in total. The fraction of sp³-hybridized carbons (Fsp3) is 0.583. The molecule has 0 saturated carbocycles. The molecule has 1 aliphatic heterocycles. The Labute approximate surface area is 140 Å². The minimum absolute atomic E-state index is 0. The van der Waals surface area contributed by atoms with E-state index in [9.17, 15) is 4.79 Å². The van der Waals surface area contributed by atoms with Crippen molar-refractivity contribution in [2.45, 2.75) is 19.8 Å². The van der Waals surface area contributed by atoms with Crippen molar-refractivity contribution in [3.05, 3.63) is 12.7 Å². The molecule has 0 saturated heterocycles. The van der Waals surface area contributed by atoms with E-state index in [1.54, 1.807) is 6.08 Å². The minimum Gasteiger partial charge on any atom is -0.479 e. The number of carbonyl (C=O) groups is 2. The number of aliphatic imine (C=N–C) groups is 1. The molecule has 0 aromatic rings. The van der Waals surface area contributed by atoms with Crippen LogP contribution in [-0.2, 0) is 14.7 Å². The Morgan fingerprint density at radius 3 is 2.25 bits per heavy atom. The summed E-state index contributed by atoms with van der Waals surface area (Å²) in [7, 11) is 0. The average molecular weight is 295 g/mol. The normalized spacial score (nSPS) is 15.4. The minimum atomic E-state index is -1.30. The van der Waals surface area contributed by atoms with E-state index in [-0.39, 0.29) is 36.0 Å². The van der Waals surface area contributed by atoms with Crippen molar-refractivity contribution in [1.82, 2.24) is 5.32 Å². The van der Waals surface area contributed by atoms with Crippen LogP contribution in [0.5, 0.6) is 0 Å². The SMILES string of the molecule is C=CC(CC)(CC(=O)O)C1=NCCN1.[NaH].[O]CC(=O)O. The van der Waals surface area contributed by atoms with Gasteiger partial charge in [-0.1, -0.05) is 13.0 Å². The molecular weight excluding hydrogens is 275 g/mol. The molecule has 8 heteroatoms. The van der Waals surface area contributed by atoms with E-state index in [1.165, 1.54) is 0 Å². The molecule has 0 aromatic carbocycles. The predicted octanol–water partition coefficient (Wildman–Crippen LogP) is -0.102. The van der Waals surface area contributed by atoms with Crippen LogP contribution in [0.4, 0.5) is 0 Å². The molecule has 1 radical (unpaired) electrons. The van der Waals surface area contributed by atoms with Crippen molar-refractivity contribution in [2.75, 3.05) is 19.7 Å².